The molecule has 0 saturated carbocycles. The fourth-order valence-electron chi connectivity index (χ4n) is 2.04. The number of nitrogens with zero attached hydrogens (tertiary/aromatic N) is 2. The maximum atomic E-state index is 12.1. The summed E-state index contributed by atoms with van der Waals surface area (Å²) in [7, 11) is 0. The summed E-state index contributed by atoms with van der Waals surface area (Å²) in [6.45, 7) is 3.53. The largest absolute Gasteiger partial charge is 0.573 e. The highest BCUT2D eigenvalue weighted by atomic mass is 19.4. The molecular formula is C16H17F3N2O3. The van der Waals surface area contributed by atoms with Crippen molar-refractivity contribution in [2.75, 3.05) is 6.61 Å². The molecule has 8 heteroatoms. The third-order valence-corrected chi connectivity index (χ3v) is 3.53. The predicted molar refractivity (Wildman–Crippen MR) is 79.4 cm³/mol. The standard InChI is InChI=1S/C16H17F3N2O3/c1-11(2)15(22,12-7-20-10-21-8-12)9-23-13-3-5-14(6-4-13)24-16(17,18)19/h3-8,10-11,22H,9H2,1-2H3. The summed E-state index contributed by atoms with van der Waals surface area (Å²) in [6, 6.07) is 4.96. The van der Waals surface area contributed by atoms with Gasteiger partial charge in [-0.15, -0.1) is 13.2 Å². The van der Waals surface area contributed by atoms with Gasteiger partial charge in [-0.25, -0.2) is 9.97 Å². The van der Waals surface area contributed by atoms with Crippen molar-refractivity contribution in [1.82, 2.24) is 9.97 Å². The highest BCUT2D eigenvalue weighted by molar-refractivity contribution is 5.31. The Kier molecular flexibility index (Phi) is 5.28. The van der Waals surface area contributed by atoms with E-state index in [1.165, 1.54) is 30.9 Å². The van der Waals surface area contributed by atoms with Crippen molar-refractivity contribution in [2.45, 2.75) is 25.8 Å². The third-order valence-electron chi connectivity index (χ3n) is 3.53. The van der Waals surface area contributed by atoms with Crippen LogP contribution in [0.15, 0.2) is 43.0 Å². The average Bonchev–Trinajstić information content (AvgIpc) is 2.53. The van der Waals surface area contributed by atoms with Crippen LogP contribution in [0.25, 0.3) is 0 Å². The van der Waals surface area contributed by atoms with Gasteiger partial charge in [0, 0.05) is 18.0 Å². The molecule has 0 aliphatic heterocycles. The number of alkyl halides is 3. The topological polar surface area (TPSA) is 64.5 Å². The van der Waals surface area contributed by atoms with Gasteiger partial charge in [0.05, 0.1) is 0 Å². The molecule has 0 saturated heterocycles. The Hall–Kier alpha value is -2.35. The summed E-state index contributed by atoms with van der Waals surface area (Å²) in [6.07, 6.45) is -0.398. The lowest BCUT2D eigenvalue weighted by molar-refractivity contribution is -0.274. The van der Waals surface area contributed by atoms with Gasteiger partial charge in [0.15, 0.2) is 0 Å². The second kappa shape index (κ2) is 7.04. The fourth-order valence-corrected chi connectivity index (χ4v) is 2.04. The Balaban J connectivity index is 2.08. The number of aliphatic hydroxyl groups is 1. The van der Waals surface area contributed by atoms with Gasteiger partial charge < -0.3 is 14.6 Å². The average molecular weight is 342 g/mol. The van der Waals surface area contributed by atoms with Crippen LogP contribution in [-0.4, -0.2) is 28.0 Å². The van der Waals surface area contributed by atoms with E-state index in [1.807, 2.05) is 13.8 Å². The van der Waals surface area contributed by atoms with Gasteiger partial charge in [0.1, 0.15) is 30.0 Å². The van der Waals surface area contributed by atoms with Gasteiger partial charge in [0.25, 0.3) is 0 Å². The number of aromatic nitrogens is 2. The van der Waals surface area contributed by atoms with Gasteiger partial charge in [-0.1, -0.05) is 13.8 Å². The van der Waals surface area contributed by atoms with E-state index in [0.29, 0.717) is 11.3 Å². The van der Waals surface area contributed by atoms with Crippen LogP contribution in [0.2, 0.25) is 0 Å². The second-order valence-electron chi connectivity index (χ2n) is 5.51. The van der Waals surface area contributed by atoms with Crippen molar-refractivity contribution < 1.29 is 27.8 Å². The molecule has 1 unspecified atom stereocenters. The van der Waals surface area contributed by atoms with Crippen molar-refractivity contribution in [2.24, 2.45) is 5.92 Å². The molecule has 0 aliphatic rings. The van der Waals surface area contributed by atoms with Crippen LogP contribution in [0.3, 0.4) is 0 Å². The summed E-state index contributed by atoms with van der Waals surface area (Å²) < 4.78 is 45.7. The van der Waals surface area contributed by atoms with Crippen LogP contribution in [0.5, 0.6) is 11.5 Å². The maximum absolute atomic E-state index is 12.1. The summed E-state index contributed by atoms with van der Waals surface area (Å²) >= 11 is 0. The van der Waals surface area contributed by atoms with Gasteiger partial charge in [0.2, 0.25) is 0 Å². The zero-order valence-corrected chi connectivity index (χ0v) is 13.1. The lowest BCUT2D eigenvalue weighted by Gasteiger charge is -2.31. The van der Waals surface area contributed by atoms with Crippen molar-refractivity contribution in [1.29, 1.82) is 0 Å². The number of benzene rings is 1. The Morgan fingerprint density at radius 1 is 1.04 bits per heavy atom. The first-order valence-corrected chi connectivity index (χ1v) is 7.17. The smallest absolute Gasteiger partial charge is 0.490 e. The molecule has 2 aromatic rings. The van der Waals surface area contributed by atoms with Crippen molar-refractivity contribution >= 4 is 0 Å². The first-order valence-electron chi connectivity index (χ1n) is 7.17. The number of ether oxygens (including phenoxy) is 2. The predicted octanol–water partition coefficient (Wildman–Crippen LogP) is 3.30. The minimum atomic E-state index is -4.74. The van der Waals surface area contributed by atoms with Crippen LogP contribution in [0.4, 0.5) is 13.2 Å². The zero-order chi connectivity index (χ0) is 17.8. The summed E-state index contributed by atoms with van der Waals surface area (Å²) in [4.78, 5) is 7.77. The molecule has 1 aromatic heterocycles. The molecular weight excluding hydrogens is 325 g/mol. The summed E-state index contributed by atoms with van der Waals surface area (Å²) in [5.74, 6) is -0.234. The van der Waals surface area contributed by atoms with Crippen LogP contribution in [0, 0.1) is 5.92 Å². The van der Waals surface area contributed by atoms with Crippen molar-refractivity contribution in [3.05, 3.63) is 48.5 Å². The lowest BCUT2D eigenvalue weighted by atomic mass is 9.85. The fraction of sp³-hybridized carbons (Fsp3) is 0.375. The van der Waals surface area contributed by atoms with E-state index < -0.39 is 12.0 Å². The van der Waals surface area contributed by atoms with E-state index in [1.54, 1.807) is 0 Å². The summed E-state index contributed by atoms with van der Waals surface area (Å²) in [5.41, 5.74) is -0.834. The monoisotopic (exact) mass is 342 g/mol. The Labute approximate surface area is 137 Å². The third kappa shape index (κ3) is 4.58. The normalized spacial score (nSPS) is 14.3. The number of hydrogen-bond acceptors (Lipinski definition) is 5. The molecule has 0 radical (unpaired) electrons. The molecule has 0 bridgehead atoms. The molecule has 24 heavy (non-hydrogen) atoms. The number of rotatable bonds is 6. The highest BCUT2D eigenvalue weighted by Gasteiger charge is 2.35. The molecule has 2 rings (SSSR count). The summed E-state index contributed by atoms with van der Waals surface area (Å²) in [5, 5.41) is 10.9. The number of halogens is 3. The molecule has 0 fully saturated rings. The van der Waals surface area contributed by atoms with Crippen molar-refractivity contribution in [3.8, 4) is 11.5 Å². The van der Waals surface area contributed by atoms with E-state index >= 15 is 0 Å². The van der Waals surface area contributed by atoms with E-state index in [-0.39, 0.29) is 18.3 Å². The highest BCUT2D eigenvalue weighted by Crippen LogP contribution is 2.30. The zero-order valence-electron chi connectivity index (χ0n) is 13.1. The van der Waals surface area contributed by atoms with Crippen LogP contribution >= 0.6 is 0 Å². The van der Waals surface area contributed by atoms with E-state index in [4.69, 9.17) is 4.74 Å². The first-order chi connectivity index (χ1) is 11.2. The molecule has 1 heterocycles. The molecule has 1 atom stereocenters. The van der Waals surface area contributed by atoms with Gasteiger partial charge in [-0.05, 0) is 30.2 Å². The first kappa shape index (κ1) is 18.0. The van der Waals surface area contributed by atoms with Gasteiger partial charge in [-0.2, -0.15) is 0 Å². The van der Waals surface area contributed by atoms with Gasteiger partial charge in [-0.3, -0.25) is 0 Å². The van der Waals surface area contributed by atoms with E-state index in [2.05, 4.69) is 14.7 Å². The number of hydrogen-bond donors (Lipinski definition) is 1. The minimum absolute atomic E-state index is 0.0997. The van der Waals surface area contributed by atoms with Crippen LogP contribution < -0.4 is 9.47 Å². The molecule has 0 spiro atoms. The molecule has 0 aliphatic carbocycles. The van der Waals surface area contributed by atoms with Crippen molar-refractivity contribution in [3.63, 3.8) is 0 Å². The van der Waals surface area contributed by atoms with Gasteiger partial charge >= 0.3 is 6.36 Å². The Bertz CT molecular complexity index is 648. The molecule has 5 nitrogen and oxygen atoms in total. The Morgan fingerprint density at radius 3 is 2.08 bits per heavy atom. The maximum Gasteiger partial charge on any atom is 0.573 e. The van der Waals surface area contributed by atoms with E-state index in [9.17, 15) is 18.3 Å². The molecule has 1 N–H and O–H groups in total. The molecule has 130 valence electrons. The second-order valence-corrected chi connectivity index (χ2v) is 5.51. The molecule has 1 aromatic carbocycles. The van der Waals surface area contributed by atoms with E-state index in [0.717, 1.165) is 12.1 Å². The molecule has 0 amide bonds. The Morgan fingerprint density at radius 2 is 1.58 bits per heavy atom. The van der Waals surface area contributed by atoms with Crippen LogP contribution in [0.1, 0.15) is 19.4 Å². The minimum Gasteiger partial charge on any atom is -0.490 e. The van der Waals surface area contributed by atoms with Crippen LogP contribution in [-0.2, 0) is 5.60 Å². The SMILES string of the molecule is CC(C)C(O)(COc1ccc(OC(F)(F)F)cc1)c1cncnc1. The quantitative estimate of drug-likeness (QED) is 0.873. The lowest BCUT2D eigenvalue weighted by Crippen LogP contribution is -2.38.